The van der Waals surface area contributed by atoms with Gasteiger partial charge in [0.1, 0.15) is 11.4 Å². The van der Waals surface area contributed by atoms with E-state index in [1.165, 1.54) is 31.2 Å². The lowest BCUT2D eigenvalue weighted by Crippen LogP contribution is -2.24. The SMILES string of the molecule is Cc1ccc(CNC(=O)c2cc(C(=O)O)ccn2)c(OCC2CC2)c1. The van der Waals surface area contributed by atoms with Crippen molar-refractivity contribution in [2.75, 3.05) is 6.61 Å². The average molecular weight is 340 g/mol. The predicted molar refractivity (Wildman–Crippen MR) is 91.8 cm³/mol. The van der Waals surface area contributed by atoms with Gasteiger partial charge in [-0.25, -0.2) is 4.79 Å². The Kier molecular flexibility index (Phi) is 4.97. The van der Waals surface area contributed by atoms with E-state index in [0.29, 0.717) is 12.5 Å². The standard InChI is InChI=1S/C19H20N2O4/c1-12-2-5-15(17(8-12)25-11-13-3-4-13)10-21-18(22)16-9-14(19(23)24)6-7-20-16/h2,5-9,13H,3-4,10-11H2,1H3,(H,21,22)(H,23,24). The molecule has 1 aromatic heterocycles. The van der Waals surface area contributed by atoms with Crippen LogP contribution in [0.5, 0.6) is 5.75 Å². The summed E-state index contributed by atoms with van der Waals surface area (Å²) < 4.78 is 5.89. The number of ether oxygens (including phenoxy) is 1. The molecular formula is C19H20N2O4. The topological polar surface area (TPSA) is 88.5 Å². The molecule has 0 aliphatic heterocycles. The predicted octanol–water partition coefficient (Wildman–Crippen LogP) is 2.81. The number of benzene rings is 1. The summed E-state index contributed by atoms with van der Waals surface area (Å²) in [6, 6.07) is 8.47. The third kappa shape index (κ3) is 4.56. The largest absolute Gasteiger partial charge is 0.493 e. The fraction of sp³-hybridized carbons (Fsp3) is 0.316. The smallest absolute Gasteiger partial charge is 0.335 e. The summed E-state index contributed by atoms with van der Waals surface area (Å²) in [4.78, 5) is 27.2. The van der Waals surface area contributed by atoms with Gasteiger partial charge in [0.2, 0.25) is 0 Å². The zero-order chi connectivity index (χ0) is 17.8. The molecule has 1 aromatic carbocycles. The number of hydrogen-bond acceptors (Lipinski definition) is 4. The van der Waals surface area contributed by atoms with Crippen LogP contribution in [0.2, 0.25) is 0 Å². The summed E-state index contributed by atoms with van der Waals surface area (Å²) in [6.07, 6.45) is 3.74. The number of carbonyl (C=O) groups is 2. The lowest BCUT2D eigenvalue weighted by atomic mass is 10.1. The van der Waals surface area contributed by atoms with E-state index in [2.05, 4.69) is 10.3 Å². The highest BCUT2D eigenvalue weighted by molar-refractivity contribution is 5.95. The van der Waals surface area contributed by atoms with E-state index in [4.69, 9.17) is 9.84 Å². The van der Waals surface area contributed by atoms with Gasteiger partial charge in [0.15, 0.2) is 0 Å². The van der Waals surface area contributed by atoms with Gasteiger partial charge >= 0.3 is 5.97 Å². The van der Waals surface area contributed by atoms with Gasteiger partial charge in [-0.15, -0.1) is 0 Å². The molecule has 3 rings (SSSR count). The van der Waals surface area contributed by atoms with Crippen molar-refractivity contribution in [3.63, 3.8) is 0 Å². The summed E-state index contributed by atoms with van der Waals surface area (Å²) in [5.74, 6) is -0.0899. The van der Waals surface area contributed by atoms with Gasteiger partial charge in [0.25, 0.3) is 5.91 Å². The maximum absolute atomic E-state index is 12.2. The lowest BCUT2D eigenvalue weighted by molar-refractivity contribution is 0.0696. The van der Waals surface area contributed by atoms with Crippen LogP contribution in [0.25, 0.3) is 0 Å². The second-order valence-corrected chi connectivity index (χ2v) is 6.28. The Morgan fingerprint density at radius 3 is 2.80 bits per heavy atom. The Morgan fingerprint density at radius 2 is 2.08 bits per heavy atom. The molecule has 1 fully saturated rings. The number of carboxylic acid groups (broad SMARTS) is 1. The first kappa shape index (κ1) is 17.0. The fourth-order valence-electron chi connectivity index (χ4n) is 2.39. The van der Waals surface area contributed by atoms with E-state index in [0.717, 1.165) is 16.9 Å². The molecule has 1 amide bonds. The van der Waals surface area contributed by atoms with E-state index < -0.39 is 11.9 Å². The van der Waals surface area contributed by atoms with Crippen LogP contribution in [-0.4, -0.2) is 28.6 Å². The Morgan fingerprint density at radius 1 is 1.28 bits per heavy atom. The lowest BCUT2D eigenvalue weighted by Gasteiger charge is -2.13. The van der Waals surface area contributed by atoms with Gasteiger partial charge in [-0.1, -0.05) is 12.1 Å². The number of rotatable bonds is 7. The van der Waals surface area contributed by atoms with Crippen molar-refractivity contribution in [1.82, 2.24) is 10.3 Å². The molecule has 0 unspecified atom stereocenters. The van der Waals surface area contributed by atoms with E-state index >= 15 is 0 Å². The minimum absolute atomic E-state index is 0.0314. The molecular weight excluding hydrogens is 320 g/mol. The Labute approximate surface area is 145 Å². The quantitative estimate of drug-likeness (QED) is 0.809. The molecule has 130 valence electrons. The van der Waals surface area contributed by atoms with Crippen molar-refractivity contribution in [3.05, 3.63) is 58.9 Å². The molecule has 1 aliphatic carbocycles. The van der Waals surface area contributed by atoms with E-state index in [1.54, 1.807) is 0 Å². The van der Waals surface area contributed by atoms with Crippen LogP contribution in [0.4, 0.5) is 0 Å². The zero-order valence-corrected chi connectivity index (χ0v) is 14.0. The first-order chi connectivity index (χ1) is 12.0. The van der Waals surface area contributed by atoms with Crippen molar-refractivity contribution < 1.29 is 19.4 Å². The van der Waals surface area contributed by atoms with Gasteiger partial charge < -0.3 is 15.2 Å². The number of nitrogens with one attached hydrogen (secondary N) is 1. The monoisotopic (exact) mass is 340 g/mol. The molecule has 2 N–H and O–H groups in total. The van der Waals surface area contributed by atoms with Gasteiger partial charge in [0, 0.05) is 18.3 Å². The number of amides is 1. The number of carbonyl (C=O) groups excluding carboxylic acids is 1. The summed E-state index contributed by atoms with van der Waals surface area (Å²) >= 11 is 0. The molecule has 1 aliphatic rings. The van der Waals surface area contributed by atoms with Crippen LogP contribution in [0.15, 0.2) is 36.5 Å². The second-order valence-electron chi connectivity index (χ2n) is 6.28. The highest BCUT2D eigenvalue weighted by Crippen LogP contribution is 2.30. The molecule has 6 nitrogen and oxygen atoms in total. The molecule has 0 atom stereocenters. The molecule has 0 bridgehead atoms. The van der Waals surface area contributed by atoms with E-state index in [-0.39, 0.29) is 17.8 Å². The number of aromatic carboxylic acids is 1. The molecule has 25 heavy (non-hydrogen) atoms. The van der Waals surface area contributed by atoms with Crippen molar-refractivity contribution >= 4 is 11.9 Å². The van der Waals surface area contributed by atoms with E-state index in [1.807, 2.05) is 25.1 Å². The maximum Gasteiger partial charge on any atom is 0.335 e. The van der Waals surface area contributed by atoms with E-state index in [9.17, 15) is 9.59 Å². The van der Waals surface area contributed by atoms with Crippen LogP contribution in [0.3, 0.4) is 0 Å². The number of aryl methyl sites for hydroxylation is 1. The molecule has 1 saturated carbocycles. The Bertz CT molecular complexity index is 800. The maximum atomic E-state index is 12.2. The van der Waals surface area contributed by atoms with Crippen LogP contribution >= 0.6 is 0 Å². The summed E-state index contributed by atoms with van der Waals surface area (Å²) in [6.45, 7) is 2.98. The highest BCUT2D eigenvalue weighted by atomic mass is 16.5. The number of pyridine rings is 1. The number of hydrogen-bond donors (Lipinski definition) is 2. The highest BCUT2D eigenvalue weighted by Gasteiger charge is 2.22. The number of carboxylic acids is 1. The van der Waals surface area contributed by atoms with Crippen LogP contribution in [0, 0.1) is 12.8 Å². The first-order valence-corrected chi connectivity index (χ1v) is 8.23. The van der Waals surface area contributed by atoms with Gasteiger partial charge in [-0.05, 0) is 49.4 Å². The van der Waals surface area contributed by atoms with Crippen molar-refractivity contribution in [1.29, 1.82) is 0 Å². The third-order valence-electron chi connectivity index (χ3n) is 4.07. The zero-order valence-electron chi connectivity index (χ0n) is 14.0. The fourth-order valence-corrected chi connectivity index (χ4v) is 2.39. The molecule has 1 heterocycles. The van der Waals surface area contributed by atoms with Crippen LogP contribution < -0.4 is 10.1 Å². The first-order valence-electron chi connectivity index (χ1n) is 8.23. The average Bonchev–Trinajstić information content (AvgIpc) is 3.43. The van der Waals surface area contributed by atoms with Crippen molar-refractivity contribution in [2.24, 2.45) is 5.92 Å². The molecule has 0 saturated heterocycles. The van der Waals surface area contributed by atoms with Crippen molar-refractivity contribution in [2.45, 2.75) is 26.3 Å². The third-order valence-corrected chi connectivity index (χ3v) is 4.07. The summed E-state index contributed by atoms with van der Waals surface area (Å²) in [5.41, 5.74) is 2.09. The number of aromatic nitrogens is 1. The molecule has 2 aromatic rings. The Balaban J connectivity index is 1.67. The number of nitrogens with zero attached hydrogens (tertiary/aromatic N) is 1. The van der Waals surface area contributed by atoms with Gasteiger partial charge in [-0.3, -0.25) is 9.78 Å². The van der Waals surface area contributed by atoms with Crippen LogP contribution in [0.1, 0.15) is 44.8 Å². The van der Waals surface area contributed by atoms with Gasteiger partial charge in [-0.2, -0.15) is 0 Å². The van der Waals surface area contributed by atoms with Crippen LogP contribution in [-0.2, 0) is 6.54 Å². The van der Waals surface area contributed by atoms with Crippen molar-refractivity contribution in [3.8, 4) is 5.75 Å². The summed E-state index contributed by atoms with van der Waals surface area (Å²) in [5, 5.41) is 11.8. The molecule has 0 spiro atoms. The Hall–Kier alpha value is -2.89. The minimum atomic E-state index is -1.09. The van der Waals surface area contributed by atoms with Gasteiger partial charge in [0.05, 0.1) is 12.2 Å². The summed E-state index contributed by atoms with van der Waals surface area (Å²) in [7, 11) is 0. The minimum Gasteiger partial charge on any atom is -0.493 e. The molecule has 0 radical (unpaired) electrons. The normalized spacial score (nSPS) is 13.3. The molecule has 6 heteroatoms. The second kappa shape index (κ2) is 7.34.